The molecule has 3 fully saturated rings. The molecule has 3 aliphatic rings. The van der Waals surface area contributed by atoms with Gasteiger partial charge in [0.05, 0.1) is 12.2 Å². The Morgan fingerprint density at radius 2 is 1.74 bits per heavy atom. The number of aliphatic hydroxyl groups excluding tert-OH is 1. The average molecular weight is 267 g/mol. The molecule has 0 aromatic carbocycles. The van der Waals surface area contributed by atoms with Gasteiger partial charge in [0.1, 0.15) is 0 Å². The molecule has 1 heterocycles. The Bertz CT molecular complexity index is 282. The summed E-state index contributed by atoms with van der Waals surface area (Å²) in [6, 6.07) is 1.39. The quantitative estimate of drug-likeness (QED) is 0.850. The third kappa shape index (κ3) is 2.98. The van der Waals surface area contributed by atoms with Crippen LogP contribution in [0.4, 0.5) is 0 Å². The largest absolute Gasteiger partial charge is 0.395 e. The zero-order chi connectivity index (χ0) is 13.1. The Morgan fingerprint density at radius 1 is 1.00 bits per heavy atom. The highest BCUT2D eigenvalue weighted by molar-refractivity contribution is 4.96. The number of ether oxygens (including phenoxy) is 1. The van der Waals surface area contributed by atoms with E-state index in [1.807, 2.05) is 0 Å². The number of hydrogen-bond donors (Lipinski definition) is 1. The van der Waals surface area contributed by atoms with Crippen LogP contribution in [0.15, 0.2) is 0 Å². The Labute approximate surface area is 117 Å². The monoisotopic (exact) mass is 267 g/mol. The van der Waals surface area contributed by atoms with Gasteiger partial charge in [-0.3, -0.25) is 4.90 Å². The zero-order valence-electron chi connectivity index (χ0n) is 12.1. The minimum atomic E-state index is 0.204. The van der Waals surface area contributed by atoms with Crippen LogP contribution in [-0.2, 0) is 4.74 Å². The van der Waals surface area contributed by atoms with E-state index in [1.165, 1.54) is 57.8 Å². The van der Waals surface area contributed by atoms with Gasteiger partial charge in [0.15, 0.2) is 0 Å². The van der Waals surface area contributed by atoms with Crippen molar-refractivity contribution in [2.75, 3.05) is 19.8 Å². The van der Waals surface area contributed by atoms with Gasteiger partial charge in [-0.1, -0.05) is 25.7 Å². The predicted octanol–water partition coefficient (Wildman–Crippen LogP) is 2.72. The SMILES string of the molecule is OCCN(C1CCCC1)C1CCOC2(CCCC2)C1. The molecule has 0 aromatic rings. The second-order valence-corrected chi connectivity index (χ2v) is 6.78. The maximum atomic E-state index is 9.41. The molecule has 1 aliphatic heterocycles. The topological polar surface area (TPSA) is 32.7 Å². The Kier molecular flexibility index (Phi) is 4.45. The lowest BCUT2D eigenvalue weighted by molar-refractivity contribution is -0.108. The maximum Gasteiger partial charge on any atom is 0.0697 e. The predicted molar refractivity (Wildman–Crippen MR) is 76.2 cm³/mol. The molecule has 2 aliphatic carbocycles. The van der Waals surface area contributed by atoms with Crippen LogP contribution in [0.3, 0.4) is 0 Å². The first kappa shape index (κ1) is 13.8. The highest BCUT2D eigenvalue weighted by Gasteiger charge is 2.42. The van der Waals surface area contributed by atoms with E-state index in [0.717, 1.165) is 25.6 Å². The van der Waals surface area contributed by atoms with Crippen molar-refractivity contribution in [2.45, 2.75) is 81.9 Å². The fraction of sp³-hybridized carbons (Fsp3) is 1.00. The van der Waals surface area contributed by atoms with Crippen molar-refractivity contribution >= 4 is 0 Å². The molecule has 1 N–H and O–H groups in total. The lowest BCUT2D eigenvalue weighted by atomic mass is 9.87. The van der Waals surface area contributed by atoms with Crippen LogP contribution < -0.4 is 0 Å². The number of nitrogens with zero attached hydrogens (tertiary/aromatic N) is 1. The van der Waals surface area contributed by atoms with Gasteiger partial charge >= 0.3 is 0 Å². The Hall–Kier alpha value is -0.120. The lowest BCUT2D eigenvalue weighted by Gasteiger charge is -2.45. The van der Waals surface area contributed by atoms with Gasteiger partial charge in [0.25, 0.3) is 0 Å². The van der Waals surface area contributed by atoms with E-state index < -0.39 is 0 Å². The molecule has 2 saturated carbocycles. The summed E-state index contributed by atoms with van der Waals surface area (Å²) in [7, 11) is 0. The smallest absolute Gasteiger partial charge is 0.0697 e. The van der Waals surface area contributed by atoms with Crippen molar-refractivity contribution in [3.8, 4) is 0 Å². The van der Waals surface area contributed by atoms with E-state index in [-0.39, 0.29) is 5.60 Å². The fourth-order valence-electron chi connectivity index (χ4n) is 4.67. The Morgan fingerprint density at radius 3 is 2.42 bits per heavy atom. The van der Waals surface area contributed by atoms with Crippen LogP contribution in [0, 0.1) is 0 Å². The number of hydrogen-bond acceptors (Lipinski definition) is 3. The molecular weight excluding hydrogens is 238 g/mol. The number of aliphatic hydroxyl groups is 1. The molecule has 0 bridgehead atoms. The molecular formula is C16H29NO2. The molecule has 3 heteroatoms. The normalized spacial score (nSPS) is 31.6. The molecule has 3 nitrogen and oxygen atoms in total. The summed E-state index contributed by atoms with van der Waals surface area (Å²) in [5.41, 5.74) is 0.204. The summed E-state index contributed by atoms with van der Waals surface area (Å²) >= 11 is 0. The highest BCUT2D eigenvalue weighted by Crippen LogP contribution is 2.42. The van der Waals surface area contributed by atoms with E-state index in [4.69, 9.17) is 4.74 Å². The Balaban J connectivity index is 1.66. The van der Waals surface area contributed by atoms with Gasteiger partial charge in [-0.05, 0) is 38.5 Å². The van der Waals surface area contributed by atoms with Gasteiger partial charge < -0.3 is 9.84 Å². The van der Waals surface area contributed by atoms with Crippen LogP contribution >= 0.6 is 0 Å². The summed E-state index contributed by atoms with van der Waals surface area (Å²) in [4.78, 5) is 2.63. The van der Waals surface area contributed by atoms with Crippen molar-refractivity contribution in [1.29, 1.82) is 0 Å². The third-order valence-corrected chi connectivity index (χ3v) is 5.60. The van der Waals surface area contributed by atoms with E-state index in [9.17, 15) is 5.11 Å². The molecule has 1 unspecified atom stereocenters. The van der Waals surface area contributed by atoms with Crippen LogP contribution in [0.5, 0.6) is 0 Å². The summed E-state index contributed by atoms with van der Waals surface area (Å²) < 4.78 is 6.16. The van der Waals surface area contributed by atoms with E-state index in [1.54, 1.807) is 0 Å². The minimum absolute atomic E-state index is 0.204. The van der Waals surface area contributed by atoms with Crippen molar-refractivity contribution in [2.24, 2.45) is 0 Å². The third-order valence-electron chi connectivity index (χ3n) is 5.60. The molecule has 110 valence electrons. The molecule has 1 atom stereocenters. The first-order valence-corrected chi connectivity index (χ1v) is 8.34. The lowest BCUT2D eigenvalue weighted by Crippen LogP contribution is -2.51. The molecule has 1 spiro atoms. The first-order valence-electron chi connectivity index (χ1n) is 8.34. The molecule has 0 amide bonds. The average Bonchev–Trinajstić information content (AvgIpc) is 3.08. The molecule has 0 aromatic heterocycles. The van der Waals surface area contributed by atoms with Gasteiger partial charge in [-0.15, -0.1) is 0 Å². The summed E-state index contributed by atoms with van der Waals surface area (Å²) in [5.74, 6) is 0. The second kappa shape index (κ2) is 6.11. The van der Waals surface area contributed by atoms with Gasteiger partial charge in [0.2, 0.25) is 0 Å². The van der Waals surface area contributed by atoms with Crippen LogP contribution in [0.2, 0.25) is 0 Å². The zero-order valence-corrected chi connectivity index (χ0v) is 12.1. The minimum Gasteiger partial charge on any atom is -0.395 e. The van der Waals surface area contributed by atoms with Gasteiger partial charge in [-0.2, -0.15) is 0 Å². The van der Waals surface area contributed by atoms with Crippen LogP contribution in [0.25, 0.3) is 0 Å². The first-order chi connectivity index (χ1) is 9.33. The van der Waals surface area contributed by atoms with Crippen molar-refractivity contribution < 1.29 is 9.84 Å². The molecule has 3 rings (SSSR count). The van der Waals surface area contributed by atoms with Gasteiger partial charge in [-0.25, -0.2) is 0 Å². The van der Waals surface area contributed by atoms with Crippen LogP contribution in [-0.4, -0.2) is 47.4 Å². The second-order valence-electron chi connectivity index (χ2n) is 6.78. The van der Waals surface area contributed by atoms with Gasteiger partial charge in [0, 0.05) is 25.2 Å². The van der Waals surface area contributed by atoms with E-state index in [0.29, 0.717) is 12.6 Å². The van der Waals surface area contributed by atoms with E-state index in [2.05, 4.69) is 4.90 Å². The van der Waals surface area contributed by atoms with Crippen molar-refractivity contribution in [1.82, 2.24) is 4.90 Å². The summed E-state index contributed by atoms with van der Waals surface area (Å²) in [5, 5.41) is 9.41. The van der Waals surface area contributed by atoms with Crippen molar-refractivity contribution in [3.05, 3.63) is 0 Å². The van der Waals surface area contributed by atoms with Crippen molar-refractivity contribution in [3.63, 3.8) is 0 Å². The summed E-state index contributed by atoms with van der Waals surface area (Å²) in [6.07, 6.45) is 13.0. The maximum absolute atomic E-state index is 9.41. The fourth-order valence-corrected chi connectivity index (χ4v) is 4.67. The molecule has 19 heavy (non-hydrogen) atoms. The molecule has 1 saturated heterocycles. The van der Waals surface area contributed by atoms with Crippen LogP contribution in [0.1, 0.15) is 64.2 Å². The standard InChI is InChI=1S/C16H29NO2/c18-11-10-17(14-5-1-2-6-14)15-7-12-19-16(13-15)8-3-4-9-16/h14-15,18H,1-13H2. The highest BCUT2D eigenvalue weighted by atomic mass is 16.5. The molecule has 0 radical (unpaired) electrons. The number of rotatable bonds is 4. The summed E-state index contributed by atoms with van der Waals surface area (Å²) in [6.45, 7) is 2.10. The van der Waals surface area contributed by atoms with E-state index >= 15 is 0 Å².